The van der Waals surface area contributed by atoms with Crippen LogP contribution in [0.3, 0.4) is 0 Å². The maximum atomic E-state index is 11.0. The van der Waals surface area contributed by atoms with Crippen LogP contribution in [0.2, 0.25) is 0 Å². The zero-order valence-electron chi connectivity index (χ0n) is 12.3. The monoisotopic (exact) mass is 333 g/mol. The van der Waals surface area contributed by atoms with E-state index in [1.165, 1.54) is 17.0 Å². The van der Waals surface area contributed by atoms with E-state index in [9.17, 15) is 10.1 Å². The van der Waals surface area contributed by atoms with Crippen LogP contribution in [-0.2, 0) is 0 Å². The van der Waals surface area contributed by atoms with Gasteiger partial charge in [0.05, 0.1) is 16.3 Å². The lowest BCUT2D eigenvalue weighted by molar-refractivity contribution is -0.384. The number of fused-ring (bicyclic) bond motifs is 2. The number of benzene rings is 1. The molecule has 114 valence electrons. The summed E-state index contributed by atoms with van der Waals surface area (Å²) in [6, 6.07) is 4.66. The molecule has 0 saturated heterocycles. The molecule has 0 unspecified atom stereocenters. The molecule has 5 nitrogen and oxygen atoms in total. The summed E-state index contributed by atoms with van der Waals surface area (Å²) in [7, 11) is 0. The summed E-state index contributed by atoms with van der Waals surface area (Å²) in [5, 5.41) is 11.9. The molecule has 0 spiro atoms. The summed E-state index contributed by atoms with van der Waals surface area (Å²) < 4.78 is 0. The van der Waals surface area contributed by atoms with Crippen molar-refractivity contribution in [1.29, 1.82) is 0 Å². The van der Waals surface area contributed by atoms with Crippen molar-refractivity contribution in [3.05, 3.63) is 38.8 Å². The summed E-state index contributed by atoms with van der Waals surface area (Å²) in [5.74, 6) is 2.12. The molecule has 0 atom stereocenters. The molecular formula is C15H15N3O2S2. The Balaban J connectivity index is 2.19. The summed E-state index contributed by atoms with van der Waals surface area (Å²) in [6.07, 6.45) is 1.14. The van der Waals surface area contributed by atoms with Gasteiger partial charge in [-0.1, -0.05) is 0 Å². The van der Waals surface area contributed by atoms with E-state index in [0.717, 1.165) is 34.3 Å². The van der Waals surface area contributed by atoms with Crippen molar-refractivity contribution in [3.8, 4) is 0 Å². The van der Waals surface area contributed by atoms with E-state index in [2.05, 4.69) is 11.9 Å². The fraction of sp³-hybridized carbons (Fsp3) is 0.333. The van der Waals surface area contributed by atoms with E-state index >= 15 is 0 Å². The number of nitrogens with zero attached hydrogens (tertiary/aromatic N) is 3. The molecule has 0 amide bonds. The number of nitro benzene ring substituents is 1. The number of rotatable bonds is 1. The standard InChI is InChI=1S/C15H15N3O2S2/c1-9-14-10(2)21-6-3-7-22-15(14)17-12-5-4-11(18(19)20)8-13(12)16-9/h4-5,8H,3,6-7H2,1-2H3/b14-10-. The number of nitro groups is 1. The number of thioether (sulfide) groups is 2. The fourth-order valence-electron chi connectivity index (χ4n) is 2.40. The molecule has 0 aromatic heterocycles. The van der Waals surface area contributed by atoms with Crippen molar-refractivity contribution in [2.24, 2.45) is 9.98 Å². The first kappa shape index (κ1) is 15.3. The van der Waals surface area contributed by atoms with Gasteiger partial charge in [0.1, 0.15) is 5.04 Å². The smallest absolute Gasteiger partial charge is 0.258 e. The molecular weight excluding hydrogens is 318 g/mol. The maximum Gasteiger partial charge on any atom is 0.271 e. The van der Waals surface area contributed by atoms with Gasteiger partial charge in [-0.25, -0.2) is 4.99 Å². The summed E-state index contributed by atoms with van der Waals surface area (Å²) in [5.41, 5.74) is 3.26. The second-order valence-electron chi connectivity index (χ2n) is 5.03. The number of aliphatic imine (C=N–C) groups is 2. The lowest BCUT2D eigenvalue weighted by atomic mass is 10.2. The molecule has 2 aliphatic heterocycles. The predicted octanol–water partition coefficient (Wildman–Crippen LogP) is 4.87. The largest absolute Gasteiger partial charge is 0.271 e. The third-order valence-electron chi connectivity index (χ3n) is 3.45. The van der Waals surface area contributed by atoms with Crippen LogP contribution in [-0.4, -0.2) is 27.2 Å². The number of non-ortho nitro benzene ring substituents is 1. The van der Waals surface area contributed by atoms with E-state index in [1.54, 1.807) is 17.8 Å². The van der Waals surface area contributed by atoms with Crippen LogP contribution in [0, 0.1) is 10.1 Å². The van der Waals surface area contributed by atoms with Crippen molar-refractivity contribution >= 4 is 51.3 Å². The Hall–Kier alpha value is -1.60. The van der Waals surface area contributed by atoms with E-state index in [0.29, 0.717) is 11.4 Å². The van der Waals surface area contributed by atoms with Crippen LogP contribution in [0.5, 0.6) is 0 Å². The molecule has 0 fully saturated rings. The minimum absolute atomic E-state index is 0.0440. The van der Waals surface area contributed by atoms with Crippen molar-refractivity contribution in [2.75, 3.05) is 11.5 Å². The first-order valence-electron chi connectivity index (χ1n) is 6.96. The zero-order chi connectivity index (χ0) is 15.7. The quantitative estimate of drug-likeness (QED) is 0.543. The number of hydrogen-bond acceptors (Lipinski definition) is 6. The van der Waals surface area contributed by atoms with E-state index < -0.39 is 4.92 Å². The molecule has 22 heavy (non-hydrogen) atoms. The highest BCUT2D eigenvalue weighted by atomic mass is 32.2. The van der Waals surface area contributed by atoms with Crippen LogP contribution < -0.4 is 0 Å². The van der Waals surface area contributed by atoms with E-state index in [4.69, 9.17) is 4.99 Å². The number of allylic oxidation sites excluding steroid dienone is 1. The van der Waals surface area contributed by atoms with Crippen molar-refractivity contribution < 1.29 is 4.92 Å². The first-order valence-corrected chi connectivity index (χ1v) is 8.93. The second kappa shape index (κ2) is 6.26. The second-order valence-corrected chi connectivity index (χ2v) is 7.42. The van der Waals surface area contributed by atoms with Crippen LogP contribution in [0.1, 0.15) is 20.3 Å². The molecule has 1 aromatic rings. The molecule has 0 radical (unpaired) electrons. The molecule has 3 rings (SSSR count). The van der Waals surface area contributed by atoms with Crippen LogP contribution >= 0.6 is 23.5 Å². The Morgan fingerprint density at radius 1 is 1.14 bits per heavy atom. The highest BCUT2D eigenvalue weighted by Crippen LogP contribution is 2.39. The van der Waals surface area contributed by atoms with Gasteiger partial charge in [-0.05, 0) is 37.0 Å². The fourth-order valence-corrected chi connectivity index (χ4v) is 4.72. The molecule has 0 N–H and O–H groups in total. The van der Waals surface area contributed by atoms with Crippen molar-refractivity contribution in [2.45, 2.75) is 20.3 Å². The highest BCUT2D eigenvalue weighted by molar-refractivity contribution is 8.14. The summed E-state index contributed by atoms with van der Waals surface area (Å²) in [6.45, 7) is 4.05. The lowest BCUT2D eigenvalue weighted by Gasteiger charge is -2.15. The van der Waals surface area contributed by atoms with E-state index in [1.807, 2.05) is 18.7 Å². The zero-order valence-corrected chi connectivity index (χ0v) is 14.0. The molecule has 2 aliphatic rings. The third kappa shape index (κ3) is 2.96. The SMILES string of the molecule is CC1=Nc2cc([N+](=O)[O-])ccc2N=C2SCCCS/C(C)=C/12. The Morgan fingerprint density at radius 2 is 1.91 bits per heavy atom. The minimum Gasteiger partial charge on any atom is -0.258 e. The van der Waals surface area contributed by atoms with Gasteiger partial charge in [0.2, 0.25) is 0 Å². The summed E-state index contributed by atoms with van der Waals surface area (Å²) >= 11 is 3.57. The molecule has 0 saturated carbocycles. The lowest BCUT2D eigenvalue weighted by Crippen LogP contribution is -2.11. The average Bonchev–Trinajstić information content (AvgIpc) is 2.58. The van der Waals surface area contributed by atoms with Crippen molar-refractivity contribution in [1.82, 2.24) is 0 Å². The Bertz CT molecular complexity index is 738. The van der Waals surface area contributed by atoms with Gasteiger partial charge in [0.25, 0.3) is 5.69 Å². The van der Waals surface area contributed by atoms with Gasteiger partial charge >= 0.3 is 0 Å². The Morgan fingerprint density at radius 3 is 2.68 bits per heavy atom. The minimum atomic E-state index is -0.401. The number of hydrogen-bond donors (Lipinski definition) is 0. The van der Waals surface area contributed by atoms with Crippen LogP contribution in [0.15, 0.2) is 38.7 Å². The van der Waals surface area contributed by atoms with Gasteiger partial charge in [0.15, 0.2) is 0 Å². The Kier molecular flexibility index (Phi) is 4.35. The van der Waals surface area contributed by atoms with Gasteiger partial charge < -0.3 is 0 Å². The van der Waals surface area contributed by atoms with Crippen LogP contribution in [0.25, 0.3) is 0 Å². The summed E-state index contributed by atoms with van der Waals surface area (Å²) in [4.78, 5) is 21.1. The molecule has 7 heteroatoms. The topological polar surface area (TPSA) is 67.9 Å². The average molecular weight is 333 g/mol. The predicted molar refractivity (Wildman–Crippen MR) is 95.2 cm³/mol. The molecule has 2 heterocycles. The maximum absolute atomic E-state index is 11.0. The van der Waals surface area contributed by atoms with Gasteiger partial charge in [0, 0.05) is 29.2 Å². The molecule has 0 aliphatic carbocycles. The van der Waals surface area contributed by atoms with E-state index in [-0.39, 0.29) is 5.69 Å². The molecule has 1 aromatic carbocycles. The van der Waals surface area contributed by atoms with Gasteiger partial charge in [-0.3, -0.25) is 15.1 Å². The third-order valence-corrected chi connectivity index (χ3v) is 5.65. The van der Waals surface area contributed by atoms with Crippen LogP contribution in [0.4, 0.5) is 17.1 Å². The molecule has 0 bridgehead atoms. The Labute approximate surface area is 137 Å². The van der Waals surface area contributed by atoms with Gasteiger partial charge in [-0.2, -0.15) is 0 Å². The highest BCUT2D eigenvalue weighted by Gasteiger charge is 2.22. The first-order chi connectivity index (χ1) is 10.6. The van der Waals surface area contributed by atoms with Gasteiger partial charge in [-0.15, -0.1) is 23.5 Å². The van der Waals surface area contributed by atoms with Crippen molar-refractivity contribution in [3.63, 3.8) is 0 Å². The normalized spacial score (nSPS) is 21.5.